The van der Waals surface area contributed by atoms with Crippen LogP contribution >= 0.6 is 11.6 Å². The fourth-order valence-corrected chi connectivity index (χ4v) is 2.14. The van der Waals surface area contributed by atoms with E-state index < -0.39 is 0 Å². The van der Waals surface area contributed by atoms with Gasteiger partial charge < -0.3 is 0 Å². The summed E-state index contributed by atoms with van der Waals surface area (Å²) in [6.45, 7) is 5.68. The minimum Gasteiger partial charge on any atom is -0.292 e. The van der Waals surface area contributed by atoms with Gasteiger partial charge in [0, 0.05) is 11.9 Å². The first kappa shape index (κ1) is 13.5. The lowest BCUT2D eigenvalue weighted by atomic mass is 10.1. The molecule has 0 saturated carbocycles. The van der Waals surface area contributed by atoms with Crippen molar-refractivity contribution >= 4 is 23.2 Å². The summed E-state index contributed by atoms with van der Waals surface area (Å²) in [6.07, 6.45) is 3.01. The Morgan fingerprint density at radius 1 is 1.42 bits per heavy atom. The Morgan fingerprint density at radius 3 is 2.74 bits per heavy atom. The molecule has 1 amide bonds. The molecular formula is C13H15ClN4O. The number of amides is 1. The van der Waals surface area contributed by atoms with Gasteiger partial charge in [-0.2, -0.15) is 5.10 Å². The number of anilines is 1. The molecule has 0 N–H and O–H groups in total. The van der Waals surface area contributed by atoms with Gasteiger partial charge in [-0.15, -0.1) is 0 Å². The van der Waals surface area contributed by atoms with Crippen LogP contribution in [0.2, 0.25) is 5.02 Å². The van der Waals surface area contributed by atoms with Crippen molar-refractivity contribution in [2.45, 2.75) is 27.4 Å². The van der Waals surface area contributed by atoms with Gasteiger partial charge in [0.15, 0.2) is 0 Å². The fraction of sp³-hybridized carbons (Fsp3) is 0.308. The van der Waals surface area contributed by atoms with E-state index in [0.29, 0.717) is 11.7 Å². The zero-order valence-corrected chi connectivity index (χ0v) is 11.8. The van der Waals surface area contributed by atoms with E-state index in [4.69, 9.17) is 11.6 Å². The van der Waals surface area contributed by atoms with E-state index in [1.165, 1.54) is 13.3 Å². The van der Waals surface area contributed by atoms with Crippen molar-refractivity contribution in [1.82, 2.24) is 14.8 Å². The molecule has 6 heteroatoms. The molecule has 0 saturated heterocycles. The van der Waals surface area contributed by atoms with Gasteiger partial charge >= 0.3 is 0 Å². The number of halogens is 1. The van der Waals surface area contributed by atoms with Crippen molar-refractivity contribution < 1.29 is 4.79 Å². The smallest absolute Gasteiger partial charge is 0.225 e. The van der Waals surface area contributed by atoms with Crippen molar-refractivity contribution in [3.8, 4) is 0 Å². The number of hydrogen-bond donors (Lipinski definition) is 0. The van der Waals surface area contributed by atoms with Gasteiger partial charge in [0.1, 0.15) is 19.3 Å². The Bertz CT molecular complexity index is 595. The molecule has 0 bridgehead atoms. The van der Waals surface area contributed by atoms with E-state index in [0.717, 1.165) is 16.8 Å². The van der Waals surface area contributed by atoms with Crippen molar-refractivity contribution in [2.75, 3.05) is 4.90 Å². The highest BCUT2D eigenvalue weighted by Crippen LogP contribution is 2.29. The van der Waals surface area contributed by atoms with Gasteiger partial charge in [-0.05, 0) is 37.1 Å². The zero-order valence-electron chi connectivity index (χ0n) is 11.1. The molecule has 100 valence electrons. The lowest BCUT2D eigenvalue weighted by molar-refractivity contribution is -0.117. The molecule has 0 aliphatic rings. The Morgan fingerprint density at radius 2 is 2.16 bits per heavy atom. The molecule has 2 aromatic rings. The molecule has 0 spiro atoms. The van der Waals surface area contributed by atoms with E-state index in [1.54, 1.807) is 15.9 Å². The minimum atomic E-state index is -0.0692. The SMILES string of the molecule is CC(=O)N(Cn1cncn1)c1cc(C)cc(Cl)c1C. The van der Waals surface area contributed by atoms with Gasteiger partial charge in [-0.1, -0.05) is 11.6 Å². The zero-order chi connectivity index (χ0) is 14.0. The van der Waals surface area contributed by atoms with Gasteiger partial charge in [-0.25, -0.2) is 9.67 Å². The Labute approximate surface area is 116 Å². The predicted molar refractivity (Wildman–Crippen MR) is 74.1 cm³/mol. The number of aryl methyl sites for hydroxylation is 1. The number of aromatic nitrogens is 3. The Kier molecular flexibility index (Phi) is 3.85. The molecule has 0 radical (unpaired) electrons. The molecular weight excluding hydrogens is 264 g/mol. The number of nitrogens with zero attached hydrogens (tertiary/aromatic N) is 4. The van der Waals surface area contributed by atoms with Crippen LogP contribution in [-0.2, 0) is 11.5 Å². The predicted octanol–water partition coefficient (Wildman–Crippen LogP) is 2.56. The van der Waals surface area contributed by atoms with Gasteiger partial charge in [0.2, 0.25) is 5.91 Å². The average molecular weight is 279 g/mol. The summed E-state index contributed by atoms with van der Waals surface area (Å²) in [7, 11) is 0. The maximum atomic E-state index is 11.9. The highest BCUT2D eigenvalue weighted by atomic mass is 35.5. The lowest BCUT2D eigenvalue weighted by Gasteiger charge is -2.23. The third-order valence-electron chi connectivity index (χ3n) is 2.89. The summed E-state index contributed by atoms with van der Waals surface area (Å²) < 4.78 is 1.59. The summed E-state index contributed by atoms with van der Waals surface area (Å²) in [5, 5.41) is 4.67. The second-order valence-electron chi connectivity index (χ2n) is 4.41. The maximum Gasteiger partial charge on any atom is 0.225 e. The number of rotatable bonds is 3. The molecule has 1 aromatic heterocycles. The van der Waals surface area contributed by atoms with E-state index in [-0.39, 0.29) is 5.91 Å². The highest BCUT2D eigenvalue weighted by Gasteiger charge is 2.16. The lowest BCUT2D eigenvalue weighted by Crippen LogP contribution is -2.31. The quantitative estimate of drug-likeness (QED) is 0.867. The summed E-state index contributed by atoms with van der Waals surface area (Å²) in [5.41, 5.74) is 2.69. The second-order valence-corrected chi connectivity index (χ2v) is 4.82. The molecule has 0 unspecified atom stereocenters. The van der Waals surface area contributed by atoms with Crippen LogP contribution in [0.1, 0.15) is 18.1 Å². The third kappa shape index (κ3) is 2.93. The molecule has 0 aliphatic carbocycles. The average Bonchev–Trinajstić information content (AvgIpc) is 2.83. The molecule has 2 rings (SSSR count). The highest BCUT2D eigenvalue weighted by molar-refractivity contribution is 6.31. The summed E-state index contributed by atoms with van der Waals surface area (Å²) in [4.78, 5) is 17.4. The fourth-order valence-electron chi connectivity index (χ4n) is 1.87. The topological polar surface area (TPSA) is 51.0 Å². The molecule has 0 atom stereocenters. The van der Waals surface area contributed by atoms with Gasteiger partial charge in [-0.3, -0.25) is 9.69 Å². The third-order valence-corrected chi connectivity index (χ3v) is 3.28. The van der Waals surface area contributed by atoms with Crippen molar-refractivity contribution in [2.24, 2.45) is 0 Å². The molecule has 1 heterocycles. The van der Waals surface area contributed by atoms with E-state index in [1.807, 2.05) is 26.0 Å². The molecule has 5 nitrogen and oxygen atoms in total. The van der Waals surface area contributed by atoms with Gasteiger partial charge in [0.25, 0.3) is 0 Å². The van der Waals surface area contributed by atoms with Crippen LogP contribution in [0.5, 0.6) is 0 Å². The van der Waals surface area contributed by atoms with Crippen molar-refractivity contribution in [3.05, 3.63) is 40.9 Å². The minimum absolute atomic E-state index is 0.0692. The van der Waals surface area contributed by atoms with Crippen LogP contribution in [0.25, 0.3) is 0 Å². The van der Waals surface area contributed by atoms with Gasteiger partial charge in [0.05, 0.1) is 5.69 Å². The summed E-state index contributed by atoms with van der Waals surface area (Å²) in [6, 6.07) is 3.83. The number of carbonyl (C=O) groups excluding carboxylic acids is 1. The normalized spacial score (nSPS) is 10.5. The van der Waals surface area contributed by atoms with Crippen LogP contribution in [0.4, 0.5) is 5.69 Å². The summed E-state index contributed by atoms with van der Waals surface area (Å²) >= 11 is 6.18. The monoisotopic (exact) mass is 278 g/mol. The van der Waals surface area contributed by atoms with Crippen LogP contribution in [0.15, 0.2) is 24.8 Å². The maximum absolute atomic E-state index is 11.9. The summed E-state index contributed by atoms with van der Waals surface area (Å²) in [5.74, 6) is -0.0692. The number of benzene rings is 1. The Balaban J connectivity index is 2.42. The van der Waals surface area contributed by atoms with Crippen LogP contribution < -0.4 is 4.90 Å². The van der Waals surface area contributed by atoms with E-state index in [9.17, 15) is 4.79 Å². The molecule has 19 heavy (non-hydrogen) atoms. The standard InChI is InChI=1S/C13H15ClN4O/c1-9-4-12(14)10(2)13(5-9)18(11(3)19)8-17-7-15-6-16-17/h4-7H,8H2,1-3H3. The Hall–Kier alpha value is -1.88. The number of carbonyl (C=O) groups is 1. The molecule has 0 aliphatic heterocycles. The molecule has 1 aromatic carbocycles. The first-order valence-electron chi connectivity index (χ1n) is 5.86. The molecule has 0 fully saturated rings. The first-order chi connectivity index (χ1) is 8.99. The van der Waals surface area contributed by atoms with Crippen LogP contribution in [0, 0.1) is 13.8 Å². The van der Waals surface area contributed by atoms with Crippen molar-refractivity contribution in [1.29, 1.82) is 0 Å². The number of hydrogen-bond acceptors (Lipinski definition) is 3. The largest absolute Gasteiger partial charge is 0.292 e. The van der Waals surface area contributed by atoms with Crippen LogP contribution in [0.3, 0.4) is 0 Å². The van der Waals surface area contributed by atoms with Crippen molar-refractivity contribution in [3.63, 3.8) is 0 Å². The van der Waals surface area contributed by atoms with Crippen LogP contribution in [-0.4, -0.2) is 20.7 Å². The van der Waals surface area contributed by atoms with E-state index in [2.05, 4.69) is 10.1 Å². The second kappa shape index (κ2) is 5.40. The van der Waals surface area contributed by atoms with E-state index >= 15 is 0 Å². The first-order valence-corrected chi connectivity index (χ1v) is 6.24.